The molecule has 4 rings (SSSR count). The fourth-order valence-corrected chi connectivity index (χ4v) is 3.51. The van der Waals surface area contributed by atoms with Crippen molar-refractivity contribution in [1.82, 2.24) is 0 Å². The van der Waals surface area contributed by atoms with Crippen LogP contribution < -0.4 is 0 Å². The molecule has 0 N–H and O–H groups in total. The number of benzene rings is 1. The van der Waals surface area contributed by atoms with Crippen molar-refractivity contribution in [3.8, 4) is 0 Å². The molecule has 1 aliphatic heterocycles. The SMILES string of the molecule is CC1C=C(C2CC2)C=C2C1=Nc1cccc(Br)c12. The molecule has 1 aromatic rings. The van der Waals surface area contributed by atoms with Crippen molar-refractivity contribution in [3.63, 3.8) is 0 Å². The molecular weight excluding hydrogens is 286 g/mol. The summed E-state index contributed by atoms with van der Waals surface area (Å²) in [6, 6.07) is 6.28. The number of hydrogen-bond acceptors (Lipinski definition) is 1. The third-order valence-electron chi connectivity index (χ3n) is 4.01. The number of aliphatic imine (C=N–C) groups is 1. The highest BCUT2D eigenvalue weighted by atomic mass is 79.9. The lowest BCUT2D eigenvalue weighted by molar-refractivity contribution is 0.940. The van der Waals surface area contributed by atoms with E-state index in [-0.39, 0.29) is 0 Å². The number of allylic oxidation sites excluding steroid dienone is 4. The second-order valence-electron chi connectivity index (χ2n) is 5.42. The number of hydrogen-bond donors (Lipinski definition) is 0. The minimum absolute atomic E-state index is 0.444. The van der Waals surface area contributed by atoms with E-state index in [0.717, 1.165) is 16.1 Å². The average Bonchev–Trinajstić information content (AvgIpc) is 3.11. The topological polar surface area (TPSA) is 12.4 Å². The lowest BCUT2D eigenvalue weighted by atomic mass is 9.86. The first-order valence-corrected chi connectivity index (χ1v) is 7.34. The maximum Gasteiger partial charge on any atom is 0.0723 e. The lowest BCUT2D eigenvalue weighted by Gasteiger charge is -2.18. The van der Waals surface area contributed by atoms with Crippen LogP contribution in [0.25, 0.3) is 5.57 Å². The summed E-state index contributed by atoms with van der Waals surface area (Å²) >= 11 is 3.67. The highest BCUT2D eigenvalue weighted by Crippen LogP contribution is 2.47. The van der Waals surface area contributed by atoms with E-state index in [9.17, 15) is 0 Å². The molecule has 90 valence electrons. The molecule has 0 amide bonds. The monoisotopic (exact) mass is 299 g/mol. The van der Waals surface area contributed by atoms with Gasteiger partial charge in [-0.15, -0.1) is 0 Å². The van der Waals surface area contributed by atoms with Gasteiger partial charge in [-0.25, -0.2) is 0 Å². The number of fused-ring (bicyclic) bond motifs is 3. The Balaban J connectivity index is 1.90. The molecule has 2 heteroatoms. The summed E-state index contributed by atoms with van der Waals surface area (Å²) < 4.78 is 1.16. The van der Waals surface area contributed by atoms with Crippen LogP contribution in [0.3, 0.4) is 0 Å². The minimum atomic E-state index is 0.444. The molecule has 0 radical (unpaired) electrons. The van der Waals surface area contributed by atoms with Crippen molar-refractivity contribution in [2.75, 3.05) is 0 Å². The first-order valence-electron chi connectivity index (χ1n) is 6.55. The zero-order valence-electron chi connectivity index (χ0n) is 10.3. The minimum Gasteiger partial charge on any atom is -0.252 e. The normalized spacial score (nSPS) is 25.0. The Morgan fingerprint density at radius 2 is 2.11 bits per heavy atom. The molecule has 1 nitrogen and oxygen atoms in total. The van der Waals surface area contributed by atoms with Crippen LogP contribution >= 0.6 is 15.9 Å². The summed E-state index contributed by atoms with van der Waals surface area (Å²) in [7, 11) is 0. The molecule has 3 aliphatic rings. The third kappa shape index (κ3) is 1.48. The molecule has 1 fully saturated rings. The van der Waals surface area contributed by atoms with Crippen molar-refractivity contribution >= 4 is 32.9 Å². The molecule has 1 saturated carbocycles. The van der Waals surface area contributed by atoms with Crippen LogP contribution in [0.1, 0.15) is 25.3 Å². The summed E-state index contributed by atoms with van der Waals surface area (Å²) in [5.74, 6) is 1.26. The standard InChI is InChI=1S/C16H14BrN/c1-9-7-11(10-5-6-10)8-12-15-13(17)3-2-4-14(15)18-16(9)12/h2-4,7-10H,5-6H2,1H3. The van der Waals surface area contributed by atoms with Crippen molar-refractivity contribution in [3.05, 3.63) is 46.0 Å². The first kappa shape index (κ1) is 10.7. The van der Waals surface area contributed by atoms with Gasteiger partial charge in [0.05, 0.1) is 11.4 Å². The largest absolute Gasteiger partial charge is 0.252 e. The maximum absolute atomic E-state index is 4.80. The Morgan fingerprint density at radius 3 is 2.89 bits per heavy atom. The summed E-state index contributed by atoms with van der Waals surface area (Å²) in [6.07, 6.45) is 7.49. The molecular formula is C16H14BrN. The van der Waals surface area contributed by atoms with Gasteiger partial charge in [0.1, 0.15) is 0 Å². The second kappa shape index (κ2) is 3.67. The second-order valence-corrected chi connectivity index (χ2v) is 6.27. The van der Waals surface area contributed by atoms with Crippen LogP contribution in [0.15, 0.2) is 45.4 Å². The molecule has 2 aliphatic carbocycles. The Bertz CT molecular complexity index is 632. The van der Waals surface area contributed by atoms with E-state index in [1.165, 1.54) is 35.3 Å². The van der Waals surface area contributed by atoms with Gasteiger partial charge in [-0.1, -0.05) is 35.0 Å². The Hall–Kier alpha value is -1.15. The summed E-state index contributed by atoms with van der Waals surface area (Å²) in [6.45, 7) is 2.26. The molecule has 0 bridgehead atoms. The highest BCUT2D eigenvalue weighted by molar-refractivity contribution is 9.10. The van der Waals surface area contributed by atoms with Crippen molar-refractivity contribution in [1.29, 1.82) is 0 Å². The molecule has 18 heavy (non-hydrogen) atoms. The van der Waals surface area contributed by atoms with Crippen LogP contribution in [0.2, 0.25) is 0 Å². The van der Waals surface area contributed by atoms with Gasteiger partial charge in [0.2, 0.25) is 0 Å². The third-order valence-corrected chi connectivity index (χ3v) is 4.67. The highest BCUT2D eigenvalue weighted by Gasteiger charge is 2.33. The summed E-state index contributed by atoms with van der Waals surface area (Å²) in [5.41, 5.74) is 6.50. The van der Waals surface area contributed by atoms with Crippen molar-refractivity contribution in [2.24, 2.45) is 16.8 Å². The van der Waals surface area contributed by atoms with Gasteiger partial charge in [-0.3, -0.25) is 4.99 Å². The fourth-order valence-electron chi connectivity index (χ4n) is 2.94. The smallest absolute Gasteiger partial charge is 0.0723 e. The van der Waals surface area contributed by atoms with Gasteiger partial charge in [-0.05, 0) is 42.5 Å². The Labute approximate surface area is 115 Å². The predicted molar refractivity (Wildman–Crippen MR) is 79.2 cm³/mol. The fraction of sp³-hybridized carbons (Fsp3) is 0.312. The molecule has 0 aromatic heterocycles. The van der Waals surface area contributed by atoms with Crippen molar-refractivity contribution < 1.29 is 0 Å². The molecule has 1 heterocycles. The molecule has 0 saturated heterocycles. The van der Waals surface area contributed by atoms with Crippen LogP contribution in [0.4, 0.5) is 5.69 Å². The van der Waals surface area contributed by atoms with Gasteiger partial charge in [0, 0.05) is 21.5 Å². The molecule has 1 atom stereocenters. The van der Waals surface area contributed by atoms with E-state index in [2.05, 4.69) is 53.2 Å². The van der Waals surface area contributed by atoms with Gasteiger partial charge in [-0.2, -0.15) is 0 Å². The average molecular weight is 300 g/mol. The first-order chi connectivity index (χ1) is 8.74. The summed E-state index contributed by atoms with van der Waals surface area (Å²) in [4.78, 5) is 4.80. The molecule has 0 spiro atoms. The van der Waals surface area contributed by atoms with Gasteiger partial charge < -0.3 is 0 Å². The summed E-state index contributed by atoms with van der Waals surface area (Å²) in [5, 5.41) is 0. The van der Waals surface area contributed by atoms with Crippen LogP contribution in [0, 0.1) is 11.8 Å². The van der Waals surface area contributed by atoms with E-state index < -0.39 is 0 Å². The quantitative estimate of drug-likeness (QED) is 0.699. The van der Waals surface area contributed by atoms with E-state index in [4.69, 9.17) is 4.99 Å². The van der Waals surface area contributed by atoms with Crippen LogP contribution in [-0.4, -0.2) is 5.71 Å². The van der Waals surface area contributed by atoms with E-state index in [1.54, 1.807) is 0 Å². The maximum atomic E-state index is 4.80. The van der Waals surface area contributed by atoms with Gasteiger partial charge in [0.15, 0.2) is 0 Å². The Morgan fingerprint density at radius 1 is 1.28 bits per heavy atom. The molecule has 1 unspecified atom stereocenters. The van der Waals surface area contributed by atoms with Crippen molar-refractivity contribution in [2.45, 2.75) is 19.8 Å². The van der Waals surface area contributed by atoms with E-state index in [0.29, 0.717) is 5.92 Å². The van der Waals surface area contributed by atoms with Gasteiger partial charge in [0.25, 0.3) is 0 Å². The lowest BCUT2D eigenvalue weighted by Crippen LogP contribution is -2.13. The van der Waals surface area contributed by atoms with E-state index >= 15 is 0 Å². The Kier molecular flexibility index (Phi) is 2.19. The van der Waals surface area contributed by atoms with E-state index in [1.807, 2.05) is 0 Å². The van der Waals surface area contributed by atoms with Crippen LogP contribution in [0.5, 0.6) is 0 Å². The van der Waals surface area contributed by atoms with Gasteiger partial charge >= 0.3 is 0 Å². The van der Waals surface area contributed by atoms with Crippen LogP contribution in [-0.2, 0) is 0 Å². The zero-order valence-corrected chi connectivity index (χ0v) is 11.9. The zero-order chi connectivity index (χ0) is 12.3. The predicted octanol–water partition coefficient (Wildman–Crippen LogP) is 4.90. The number of halogens is 1. The number of nitrogens with zero attached hydrogens (tertiary/aromatic N) is 1. The molecule has 1 aromatic carbocycles. The number of rotatable bonds is 1.